The molecule has 0 aromatic heterocycles. The van der Waals surface area contributed by atoms with Crippen molar-refractivity contribution in [3.63, 3.8) is 0 Å². The van der Waals surface area contributed by atoms with Crippen molar-refractivity contribution < 1.29 is 14.3 Å². The Morgan fingerprint density at radius 1 is 1.12 bits per heavy atom. The maximum Gasteiger partial charge on any atom is 0.263 e. The van der Waals surface area contributed by atoms with Gasteiger partial charge in [0.2, 0.25) is 5.91 Å². The Hall–Kier alpha value is -2.53. The molecule has 0 fully saturated rings. The number of hydrogen-bond donors (Lipinski definition) is 1. The lowest BCUT2D eigenvalue weighted by atomic mass is 10.1. The van der Waals surface area contributed by atoms with Crippen molar-refractivity contribution in [2.24, 2.45) is 0 Å². The van der Waals surface area contributed by atoms with Gasteiger partial charge >= 0.3 is 0 Å². The topological polar surface area (TPSA) is 58.6 Å². The van der Waals surface area contributed by atoms with Crippen molar-refractivity contribution in [1.82, 2.24) is 4.90 Å². The first-order chi connectivity index (χ1) is 12.3. The minimum atomic E-state index is -0.714. The molecule has 2 aromatic carbocycles. The van der Waals surface area contributed by atoms with Crippen LogP contribution in [-0.2, 0) is 9.59 Å². The van der Waals surface area contributed by atoms with E-state index in [1.165, 1.54) is 4.90 Å². The number of amides is 2. The third kappa shape index (κ3) is 5.23. The highest BCUT2D eigenvalue weighted by Gasteiger charge is 2.21. The van der Waals surface area contributed by atoms with Crippen molar-refractivity contribution in [2.75, 3.05) is 18.9 Å². The molecule has 0 bridgehead atoms. The summed E-state index contributed by atoms with van der Waals surface area (Å²) in [4.78, 5) is 26.1. The summed E-state index contributed by atoms with van der Waals surface area (Å²) in [5, 5.41) is 3.46. The molecule has 2 amide bonds. The van der Waals surface area contributed by atoms with Crippen LogP contribution in [-0.4, -0.2) is 36.4 Å². The molecule has 0 saturated heterocycles. The quantitative estimate of drug-likeness (QED) is 0.836. The third-order valence-corrected chi connectivity index (χ3v) is 4.23. The van der Waals surface area contributed by atoms with Gasteiger partial charge in [-0.3, -0.25) is 9.59 Å². The standard InChI is InChI=1S/C20H23ClN2O3/c1-13-6-5-7-14(2)19(13)22-18(24)12-23(4)20(25)15(3)26-17-10-8-16(21)9-11-17/h5-11,15H,12H2,1-4H3,(H,22,24). The molecule has 0 radical (unpaired) electrons. The van der Waals surface area contributed by atoms with Crippen molar-refractivity contribution in [2.45, 2.75) is 26.9 Å². The van der Waals surface area contributed by atoms with Crippen LogP contribution in [0.15, 0.2) is 42.5 Å². The molecule has 1 unspecified atom stereocenters. The number of carbonyl (C=O) groups excluding carboxylic acids is 2. The second-order valence-electron chi connectivity index (χ2n) is 6.22. The van der Waals surface area contributed by atoms with E-state index in [9.17, 15) is 9.59 Å². The average Bonchev–Trinajstić information content (AvgIpc) is 2.59. The van der Waals surface area contributed by atoms with Crippen LogP contribution in [0.1, 0.15) is 18.1 Å². The van der Waals surface area contributed by atoms with E-state index in [-0.39, 0.29) is 18.4 Å². The maximum absolute atomic E-state index is 12.4. The molecule has 0 aliphatic rings. The van der Waals surface area contributed by atoms with Crippen LogP contribution in [0.4, 0.5) is 5.69 Å². The van der Waals surface area contributed by atoms with Gasteiger partial charge in [0.25, 0.3) is 5.91 Å². The van der Waals surface area contributed by atoms with Crippen molar-refractivity contribution >= 4 is 29.1 Å². The smallest absolute Gasteiger partial charge is 0.263 e. The van der Waals surface area contributed by atoms with E-state index in [1.54, 1.807) is 38.2 Å². The van der Waals surface area contributed by atoms with Gasteiger partial charge in [-0.1, -0.05) is 29.8 Å². The number of benzene rings is 2. The highest BCUT2D eigenvalue weighted by Crippen LogP contribution is 2.19. The molecule has 138 valence electrons. The first-order valence-electron chi connectivity index (χ1n) is 8.31. The first kappa shape index (κ1) is 19.8. The zero-order valence-electron chi connectivity index (χ0n) is 15.4. The fourth-order valence-electron chi connectivity index (χ4n) is 2.56. The van der Waals surface area contributed by atoms with Gasteiger partial charge in [0.15, 0.2) is 6.10 Å². The minimum absolute atomic E-state index is 0.0546. The molecule has 6 heteroatoms. The monoisotopic (exact) mass is 374 g/mol. The lowest BCUT2D eigenvalue weighted by Crippen LogP contribution is -2.42. The van der Waals surface area contributed by atoms with Crippen LogP contribution in [0.5, 0.6) is 5.75 Å². The highest BCUT2D eigenvalue weighted by atomic mass is 35.5. The molecule has 5 nitrogen and oxygen atoms in total. The maximum atomic E-state index is 12.4. The van der Waals surface area contributed by atoms with Gasteiger partial charge in [0.1, 0.15) is 5.75 Å². The van der Waals surface area contributed by atoms with Crippen LogP contribution in [0.2, 0.25) is 5.02 Å². The second-order valence-corrected chi connectivity index (χ2v) is 6.66. The number of halogens is 1. The Bertz CT molecular complexity index is 770. The van der Waals surface area contributed by atoms with Gasteiger partial charge < -0.3 is 15.0 Å². The SMILES string of the molecule is Cc1cccc(C)c1NC(=O)CN(C)C(=O)C(C)Oc1ccc(Cl)cc1. The van der Waals surface area contributed by atoms with Crippen LogP contribution in [0.25, 0.3) is 0 Å². The molecular weight excluding hydrogens is 352 g/mol. The van der Waals surface area contributed by atoms with Crippen molar-refractivity contribution in [3.05, 3.63) is 58.6 Å². The lowest BCUT2D eigenvalue weighted by Gasteiger charge is -2.22. The summed E-state index contributed by atoms with van der Waals surface area (Å²) >= 11 is 5.83. The van der Waals surface area contributed by atoms with Crippen LogP contribution in [0, 0.1) is 13.8 Å². The van der Waals surface area contributed by atoms with Crippen molar-refractivity contribution in [3.8, 4) is 5.75 Å². The van der Waals surface area contributed by atoms with Gasteiger partial charge in [-0.15, -0.1) is 0 Å². The summed E-state index contributed by atoms with van der Waals surface area (Å²) in [7, 11) is 1.58. The molecule has 0 aliphatic carbocycles. The fourth-order valence-corrected chi connectivity index (χ4v) is 2.69. The van der Waals surface area contributed by atoms with Gasteiger partial charge in [0, 0.05) is 17.8 Å². The molecule has 1 atom stereocenters. The van der Waals surface area contributed by atoms with E-state index in [0.717, 1.165) is 16.8 Å². The Balaban J connectivity index is 1.93. The molecule has 2 rings (SSSR count). The first-order valence-corrected chi connectivity index (χ1v) is 8.69. The Morgan fingerprint density at radius 2 is 1.69 bits per heavy atom. The molecule has 26 heavy (non-hydrogen) atoms. The van der Waals surface area contributed by atoms with Crippen molar-refractivity contribution in [1.29, 1.82) is 0 Å². The summed E-state index contributed by atoms with van der Waals surface area (Å²) in [6.45, 7) is 5.46. The Labute approximate surface area is 158 Å². The summed E-state index contributed by atoms with van der Waals surface area (Å²) < 4.78 is 5.61. The predicted molar refractivity (Wildman–Crippen MR) is 104 cm³/mol. The number of aryl methyl sites for hydroxylation is 2. The van der Waals surface area contributed by atoms with Gasteiger partial charge in [0.05, 0.1) is 6.54 Å². The number of ether oxygens (including phenoxy) is 1. The number of anilines is 1. The molecule has 0 spiro atoms. The number of hydrogen-bond acceptors (Lipinski definition) is 3. The van der Waals surface area contributed by atoms with Crippen LogP contribution >= 0.6 is 11.6 Å². The fraction of sp³-hybridized carbons (Fsp3) is 0.300. The van der Waals surface area contributed by atoms with E-state index in [1.807, 2.05) is 32.0 Å². The Morgan fingerprint density at radius 3 is 2.27 bits per heavy atom. The molecule has 0 heterocycles. The van der Waals surface area contributed by atoms with E-state index in [2.05, 4.69) is 5.32 Å². The lowest BCUT2D eigenvalue weighted by molar-refractivity contribution is -0.139. The van der Waals surface area contributed by atoms with Gasteiger partial charge in [-0.2, -0.15) is 0 Å². The number of rotatable bonds is 6. The number of nitrogens with zero attached hydrogens (tertiary/aromatic N) is 1. The molecule has 2 aromatic rings. The zero-order chi connectivity index (χ0) is 19.3. The summed E-state index contributed by atoms with van der Waals surface area (Å²) in [6, 6.07) is 12.6. The molecule has 0 aliphatic heterocycles. The van der Waals surface area contributed by atoms with Crippen LogP contribution < -0.4 is 10.1 Å². The number of likely N-dealkylation sites (N-methyl/N-ethyl adjacent to an activating group) is 1. The van der Waals surface area contributed by atoms with Crippen LogP contribution in [0.3, 0.4) is 0 Å². The van der Waals surface area contributed by atoms with Gasteiger partial charge in [-0.05, 0) is 56.2 Å². The number of nitrogens with one attached hydrogen (secondary N) is 1. The average molecular weight is 375 g/mol. The zero-order valence-corrected chi connectivity index (χ0v) is 16.1. The summed E-state index contributed by atoms with van der Waals surface area (Å²) in [6.07, 6.45) is -0.714. The summed E-state index contributed by atoms with van der Waals surface area (Å²) in [5.41, 5.74) is 2.74. The largest absolute Gasteiger partial charge is 0.481 e. The Kier molecular flexibility index (Phi) is 6.64. The molecular formula is C20H23ClN2O3. The third-order valence-electron chi connectivity index (χ3n) is 3.98. The number of carbonyl (C=O) groups is 2. The normalized spacial score (nSPS) is 11.6. The summed E-state index contributed by atoms with van der Waals surface area (Å²) in [5.74, 6) is 0.0113. The second kappa shape index (κ2) is 8.72. The van der Waals surface area contributed by atoms with Gasteiger partial charge in [-0.25, -0.2) is 0 Å². The molecule has 0 saturated carbocycles. The number of para-hydroxylation sites is 1. The molecule has 1 N–H and O–H groups in total. The van der Waals surface area contributed by atoms with E-state index in [0.29, 0.717) is 10.8 Å². The minimum Gasteiger partial charge on any atom is -0.481 e. The van der Waals surface area contributed by atoms with E-state index < -0.39 is 6.10 Å². The predicted octanol–water partition coefficient (Wildman–Crippen LogP) is 3.82. The van der Waals surface area contributed by atoms with E-state index >= 15 is 0 Å². The van der Waals surface area contributed by atoms with E-state index in [4.69, 9.17) is 16.3 Å². The highest BCUT2D eigenvalue weighted by molar-refractivity contribution is 6.30.